The molecule has 21 heavy (non-hydrogen) atoms. The van der Waals surface area contributed by atoms with Crippen molar-refractivity contribution in [1.29, 1.82) is 0 Å². The Hall–Kier alpha value is -1.06. The lowest BCUT2D eigenvalue weighted by molar-refractivity contribution is -0.136. The lowest BCUT2D eigenvalue weighted by Crippen LogP contribution is -2.54. The lowest BCUT2D eigenvalue weighted by atomic mass is 9.79. The van der Waals surface area contributed by atoms with Crippen molar-refractivity contribution in [2.75, 3.05) is 13.1 Å². The molecule has 1 aromatic carbocycles. The maximum Gasteiger partial charge on any atom is 0.230 e. The zero-order valence-electron chi connectivity index (χ0n) is 12.8. The van der Waals surface area contributed by atoms with Gasteiger partial charge < -0.3 is 10.6 Å². The Bertz CT molecular complexity index is 529. The van der Waals surface area contributed by atoms with Gasteiger partial charge in [-0.05, 0) is 35.8 Å². The predicted molar refractivity (Wildman–Crippen MR) is 87.7 cm³/mol. The van der Waals surface area contributed by atoms with E-state index >= 15 is 0 Å². The fourth-order valence-electron chi connectivity index (χ4n) is 3.60. The molecule has 3 rings (SSSR count). The number of carbonyl (C=O) groups excluding carboxylic acids is 1. The van der Waals surface area contributed by atoms with Crippen LogP contribution in [-0.2, 0) is 11.2 Å². The van der Waals surface area contributed by atoms with Crippen LogP contribution < -0.4 is 5.73 Å². The summed E-state index contributed by atoms with van der Waals surface area (Å²) in [5, 5.41) is 0. The monoisotopic (exact) mass is 308 g/mol. The lowest BCUT2D eigenvalue weighted by Gasteiger charge is -2.43. The van der Waals surface area contributed by atoms with Gasteiger partial charge in [0.15, 0.2) is 0 Å². The van der Waals surface area contributed by atoms with E-state index in [9.17, 15) is 4.79 Å². The molecule has 116 valence electrons. The van der Waals surface area contributed by atoms with Gasteiger partial charge in [0.05, 0.1) is 5.92 Å². The first-order valence-electron chi connectivity index (χ1n) is 7.61. The normalized spacial score (nSPS) is 26.9. The van der Waals surface area contributed by atoms with Crippen molar-refractivity contribution in [3.05, 3.63) is 35.4 Å². The van der Waals surface area contributed by atoms with Gasteiger partial charge in [-0.3, -0.25) is 4.79 Å². The van der Waals surface area contributed by atoms with Crippen LogP contribution in [0.25, 0.3) is 0 Å². The highest BCUT2D eigenvalue weighted by Gasteiger charge is 2.38. The molecule has 0 aromatic heterocycles. The molecule has 2 N–H and O–H groups in total. The van der Waals surface area contributed by atoms with Crippen molar-refractivity contribution in [3.63, 3.8) is 0 Å². The summed E-state index contributed by atoms with van der Waals surface area (Å²) in [7, 11) is 0. The highest BCUT2D eigenvalue weighted by Crippen LogP contribution is 2.36. The predicted octanol–water partition coefficient (Wildman–Crippen LogP) is 2.72. The molecule has 1 saturated heterocycles. The second kappa shape index (κ2) is 5.98. The highest BCUT2D eigenvalue weighted by atomic mass is 35.5. The van der Waals surface area contributed by atoms with E-state index in [0.717, 1.165) is 32.4 Å². The third-order valence-electron chi connectivity index (χ3n) is 5.05. The zero-order valence-corrected chi connectivity index (χ0v) is 13.7. The van der Waals surface area contributed by atoms with E-state index in [1.807, 2.05) is 11.0 Å². The highest BCUT2D eigenvalue weighted by molar-refractivity contribution is 5.85. The van der Waals surface area contributed by atoms with Crippen LogP contribution >= 0.6 is 12.4 Å². The van der Waals surface area contributed by atoms with E-state index in [-0.39, 0.29) is 29.8 Å². The Kier molecular flexibility index (Phi) is 4.64. The summed E-state index contributed by atoms with van der Waals surface area (Å²) in [5.41, 5.74) is 8.77. The third kappa shape index (κ3) is 2.95. The van der Waals surface area contributed by atoms with E-state index in [4.69, 9.17) is 5.73 Å². The second-order valence-corrected chi connectivity index (χ2v) is 6.93. The average Bonchev–Trinajstić information content (AvgIpc) is 2.85. The second-order valence-electron chi connectivity index (χ2n) is 6.93. The summed E-state index contributed by atoms with van der Waals surface area (Å²) in [6.45, 7) is 5.92. The summed E-state index contributed by atoms with van der Waals surface area (Å²) < 4.78 is 0. The van der Waals surface area contributed by atoms with E-state index in [1.54, 1.807) is 0 Å². The van der Waals surface area contributed by atoms with Crippen LogP contribution in [0.3, 0.4) is 0 Å². The van der Waals surface area contributed by atoms with Crippen LogP contribution in [0.4, 0.5) is 0 Å². The summed E-state index contributed by atoms with van der Waals surface area (Å²) in [6, 6.07) is 8.57. The van der Waals surface area contributed by atoms with Crippen LogP contribution in [-0.4, -0.2) is 29.9 Å². The van der Waals surface area contributed by atoms with Crippen molar-refractivity contribution in [2.24, 2.45) is 11.1 Å². The molecular weight excluding hydrogens is 284 g/mol. The molecule has 2 atom stereocenters. The van der Waals surface area contributed by atoms with Gasteiger partial charge in [-0.25, -0.2) is 0 Å². The quantitative estimate of drug-likeness (QED) is 0.867. The van der Waals surface area contributed by atoms with Crippen molar-refractivity contribution in [3.8, 4) is 0 Å². The van der Waals surface area contributed by atoms with E-state index in [1.165, 1.54) is 11.1 Å². The van der Waals surface area contributed by atoms with Crippen molar-refractivity contribution < 1.29 is 4.79 Å². The Balaban J connectivity index is 0.00000161. The van der Waals surface area contributed by atoms with Crippen LogP contribution in [0, 0.1) is 5.41 Å². The number of halogens is 1. The largest absolute Gasteiger partial charge is 0.342 e. The Labute approximate surface area is 133 Å². The third-order valence-corrected chi connectivity index (χ3v) is 5.05. The Morgan fingerprint density at radius 1 is 1.29 bits per heavy atom. The fraction of sp³-hybridized carbons (Fsp3) is 0.588. The van der Waals surface area contributed by atoms with Gasteiger partial charge in [0, 0.05) is 19.1 Å². The molecule has 1 heterocycles. The number of carbonyl (C=O) groups is 1. The number of piperidine rings is 1. The minimum Gasteiger partial charge on any atom is -0.342 e. The number of nitrogens with zero attached hydrogens (tertiary/aromatic N) is 1. The molecular formula is C17H25ClN2O. The molecule has 1 amide bonds. The van der Waals surface area contributed by atoms with Crippen LogP contribution in [0.15, 0.2) is 24.3 Å². The number of likely N-dealkylation sites (tertiary alicyclic amines) is 1. The number of aryl methyl sites for hydroxylation is 1. The molecule has 4 heteroatoms. The number of benzene rings is 1. The molecule has 1 aliphatic heterocycles. The van der Waals surface area contributed by atoms with Crippen molar-refractivity contribution >= 4 is 18.3 Å². The molecule has 0 bridgehead atoms. The summed E-state index contributed by atoms with van der Waals surface area (Å²) in [4.78, 5) is 14.9. The van der Waals surface area contributed by atoms with Gasteiger partial charge in [0.2, 0.25) is 5.91 Å². The standard InChI is InChI=1S/C17H24N2O.ClH/c1-17(2)11-19(10-9-15(17)18)16(20)14-8-7-12-5-3-4-6-13(12)14;/h3-6,14-15H,7-11,18H2,1-2H3;1H. The number of amides is 1. The van der Waals surface area contributed by atoms with Gasteiger partial charge in [-0.2, -0.15) is 0 Å². The fourth-order valence-corrected chi connectivity index (χ4v) is 3.60. The Morgan fingerprint density at radius 3 is 2.71 bits per heavy atom. The number of hydrogen-bond acceptors (Lipinski definition) is 2. The molecule has 1 aliphatic carbocycles. The van der Waals surface area contributed by atoms with Crippen LogP contribution in [0.1, 0.15) is 43.7 Å². The van der Waals surface area contributed by atoms with E-state index in [2.05, 4.69) is 32.0 Å². The number of nitrogens with two attached hydrogens (primary N) is 1. The zero-order chi connectivity index (χ0) is 14.3. The first-order valence-corrected chi connectivity index (χ1v) is 7.61. The van der Waals surface area contributed by atoms with E-state index in [0.29, 0.717) is 5.91 Å². The Morgan fingerprint density at radius 2 is 2.00 bits per heavy atom. The van der Waals surface area contributed by atoms with Crippen molar-refractivity contribution in [1.82, 2.24) is 4.90 Å². The maximum atomic E-state index is 12.8. The molecule has 3 nitrogen and oxygen atoms in total. The summed E-state index contributed by atoms with van der Waals surface area (Å²) >= 11 is 0. The van der Waals surface area contributed by atoms with Crippen molar-refractivity contribution in [2.45, 2.75) is 45.1 Å². The molecule has 0 spiro atoms. The summed E-state index contributed by atoms with van der Waals surface area (Å²) in [6.07, 6.45) is 2.90. The number of hydrogen-bond donors (Lipinski definition) is 1. The molecule has 2 unspecified atom stereocenters. The van der Waals surface area contributed by atoms with Gasteiger partial charge in [0.25, 0.3) is 0 Å². The molecule has 1 aromatic rings. The SMILES string of the molecule is CC1(C)CN(C(=O)C2CCc3ccccc32)CCC1N.Cl. The summed E-state index contributed by atoms with van der Waals surface area (Å²) in [5.74, 6) is 0.367. The van der Waals surface area contributed by atoms with Gasteiger partial charge >= 0.3 is 0 Å². The average molecular weight is 309 g/mol. The number of fused-ring (bicyclic) bond motifs is 1. The van der Waals surface area contributed by atoms with Crippen LogP contribution in [0.5, 0.6) is 0 Å². The topological polar surface area (TPSA) is 46.3 Å². The molecule has 1 fully saturated rings. The van der Waals surface area contributed by atoms with E-state index < -0.39 is 0 Å². The molecule has 2 aliphatic rings. The first kappa shape index (κ1) is 16.3. The molecule has 0 radical (unpaired) electrons. The van der Waals surface area contributed by atoms with Crippen LogP contribution in [0.2, 0.25) is 0 Å². The number of rotatable bonds is 1. The minimum absolute atomic E-state index is 0. The minimum atomic E-state index is 0. The van der Waals surface area contributed by atoms with Gasteiger partial charge in [-0.1, -0.05) is 38.1 Å². The van der Waals surface area contributed by atoms with Gasteiger partial charge in [-0.15, -0.1) is 12.4 Å². The van der Waals surface area contributed by atoms with Gasteiger partial charge in [0.1, 0.15) is 0 Å². The smallest absolute Gasteiger partial charge is 0.230 e. The maximum absolute atomic E-state index is 12.8. The first-order chi connectivity index (χ1) is 9.49. The molecule has 0 saturated carbocycles.